The summed E-state index contributed by atoms with van der Waals surface area (Å²) in [5, 5.41) is 9.42. The van der Waals surface area contributed by atoms with Gasteiger partial charge in [-0.2, -0.15) is 0 Å². The summed E-state index contributed by atoms with van der Waals surface area (Å²) in [6.45, 7) is 6.89. The van der Waals surface area contributed by atoms with Gasteiger partial charge in [0.1, 0.15) is 11.8 Å². The molecule has 1 unspecified atom stereocenters. The van der Waals surface area contributed by atoms with Crippen LogP contribution in [0.2, 0.25) is 0 Å². The first-order valence-corrected chi connectivity index (χ1v) is 8.82. The second-order valence-electron chi connectivity index (χ2n) is 7.49. The lowest BCUT2D eigenvalue weighted by atomic mass is 9.76. The summed E-state index contributed by atoms with van der Waals surface area (Å²) in [7, 11) is 0. The zero-order valence-electron chi connectivity index (χ0n) is 14.9. The lowest BCUT2D eigenvalue weighted by Crippen LogP contribution is -2.42. The van der Waals surface area contributed by atoms with Gasteiger partial charge in [0.25, 0.3) is 0 Å². The molecular weight excluding hydrogens is 320 g/mol. The fraction of sp³-hybridized carbons (Fsp3) is 0.579. The predicted octanol–water partition coefficient (Wildman–Crippen LogP) is 2.47. The van der Waals surface area contributed by atoms with Crippen LogP contribution in [0.25, 0.3) is 6.08 Å². The number of carboxylic acid groups (broad SMARTS) is 1. The van der Waals surface area contributed by atoms with Crippen molar-refractivity contribution in [2.24, 2.45) is 5.41 Å². The Morgan fingerprint density at radius 1 is 1.36 bits per heavy atom. The molecule has 3 heterocycles. The third-order valence-corrected chi connectivity index (χ3v) is 5.52. The van der Waals surface area contributed by atoms with Crippen LogP contribution in [-0.2, 0) is 9.59 Å². The van der Waals surface area contributed by atoms with E-state index in [1.807, 2.05) is 12.1 Å². The highest BCUT2D eigenvalue weighted by atomic mass is 16.4. The molecule has 0 radical (unpaired) electrons. The molecule has 0 saturated carbocycles. The van der Waals surface area contributed by atoms with Crippen molar-refractivity contribution in [3.63, 3.8) is 0 Å². The third kappa shape index (κ3) is 3.95. The van der Waals surface area contributed by atoms with Gasteiger partial charge < -0.3 is 14.4 Å². The van der Waals surface area contributed by atoms with E-state index in [0.717, 1.165) is 38.2 Å². The van der Waals surface area contributed by atoms with Gasteiger partial charge >= 0.3 is 5.97 Å². The highest BCUT2D eigenvalue weighted by Crippen LogP contribution is 2.43. The number of hydrogen-bond donors (Lipinski definition) is 1. The van der Waals surface area contributed by atoms with Crippen LogP contribution >= 0.6 is 0 Å². The molecule has 2 aliphatic heterocycles. The van der Waals surface area contributed by atoms with E-state index in [0.29, 0.717) is 13.0 Å². The standard InChI is InChI=1S/C19H26N2O4/c1-14(10-16-4-3-9-25-16)12-20-7-5-19(6-8-20)11-17(18(23)24)21(13-19)15(2)22/h3-4,9-10,17H,5-8,11-13H2,1-2H3,(H,23,24)/b14-10+. The van der Waals surface area contributed by atoms with Crippen LogP contribution in [0.15, 0.2) is 28.4 Å². The van der Waals surface area contributed by atoms with Crippen molar-refractivity contribution >= 4 is 18.0 Å². The van der Waals surface area contributed by atoms with Crippen molar-refractivity contribution in [1.82, 2.24) is 9.80 Å². The summed E-state index contributed by atoms with van der Waals surface area (Å²) in [4.78, 5) is 27.2. The Hall–Kier alpha value is -2.08. The molecule has 6 heteroatoms. The number of carboxylic acids is 1. The number of rotatable bonds is 4. The van der Waals surface area contributed by atoms with Gasteiger partial charge in [0.05, 0.1) is 6.26 Å². The van der Waals surface area contributed by atoms with E-state index in [2.05, 4.69) is 17.9 Å². The highest BCUT2D eigenvalue weighted by molar-refractivity contribution is 5.83. The maximum atomic E-state index is 11.8. The van der Waals surface area contributed by atoms with Gasteiger partial charge in [0.15, 0.2) is 0 Å². The van der Waals surface area contributed by atoms with Crippen LogP contribution in [-0.4, -0.2) is 59.0 Å². The zero-order valence-corrected chi connectivity index (χ0v) is 14.9. The van der Waals surface area contributed by atoms with Gasteiger partial charge in [-0.1, -0.05) is 5.57 Å². The van der Waals surface area contributed by atoms with Crippen molar-refractivity contribution in [2.45, 2.75) is 39.2 Å². The number of nitrogens with zero attached hydrogens (tertiary/aromatic N) is 2. The first kappa shape index (κ1) is 17.7. The van der Waals surface area contributed by atoms with Gasteiger partial charge in [-0.3, -0.25) is 9.69 Å². The van der Waals surface area contributed by atoms with Crippen LogP contribution < -0.4 is 0 Å². The van der Waals surface area contributed by atoms with Gasteiger partial charge in [0, 0.05) is 20.0 Å². The smallest absolute Gasteiger partial charge is 0.326 e. The second kappa shape index (κ2) is 7.04. The molecule has 1 aromatic heterocycles. The van der Waals surface area contributed by atoms with Gasteiger partial charge in [-0.25, -0.2) is 4.79 Å². The van der Waals surface area contributed by atoms with E-state index in [1.54, 1.807) is 11.2 Å². The molecule has 0 bridgehead atoms. The maximum Gasteiger partial charge on any atom is 0.326 e. The molecule has 0 aromatic carbocycles. The molecule has 1 N–H and O–H groups in total. The number of carbonyl (C=O) groups is 2. The Labute approximate surface area is 148 Å². The first-order valence-electron chi connectivity index (χ1n) is 8.82. The maximum absolute atomic E-state index is 11.8. The molecule has 136 valence electrons. The minimum absolute atomic E-state index is 0.0378. The van der Waals surface area contributed by atoms with E-state index >= 15 is 0 Å². The molecule has 25 heavy (non-hydrogen) atoms. The number of likely N-dealkylation sites (tertiary alicyclic amines) is 2. The lowest BCUT2D eigenvalue weighted by molar-refractivity contribution is -0.147. The second-order valence-corrected chi connectivity index (χ2v) is 7.49. The third-order valence-electron chi connectivity index (χ3n) is 5.52. The van der Waals surface area contributed by atoms with Crippen LogP contribution in [0.3, 0.4) is 0 Å². The number of hydrogen-bond acceptors (Lipinski definition) is 4. The number of amides is 1. The van der Waals surface area contributed by atoms with Crippen LogP contribution in [0, 0.1) is 5.41 Å². The lowest BCUT2D eigenvalue weighted by Gasteiger charge is -2.39. The van der Waals surface area contributed by atoms with Crippen LogP contribution in [0.1, 0.15) is 38.9 Å². The molecule has 1 spiro atoms. The van der Waals surface area contributed by atoms with E-state index < -0.39 is 12.0 Å². The molecule has 3 rings (SSSR count). The zero-order chi connectivity index (χ0) is 18.0. The number of piperidine rings is 1. The predicted molar refractivity (Wildman–Crippen MR) is 93.9 cm³/mol. The summed E-state index contributed by atoms with van der Waals surface area (Å²) in [6, 6.07) is 3.16. The Balaban J connectivity index is 1.58. The van der Waals surface area contributed by atoms with Crippen LogP contribution in [0.5, 0.6) is 0 Å². The molecule has 2 fully saturated rings. The molecule has 6 nitrogen and oxygen atoms in total. The van der Waals surface area contributed by atoms with E-state index in [1.165, 1.54) is 12.5 Å². The van der Waals surface area contributed by atoms with Crippen molar-refractivity contribution in [2.75, 3.05) is 26.2 Å². The Morgan fingerprint density at radius 3 is 2.60 bits per heavy atom. The highest BCUT2D eigenvalue weighted by Gasteiger charge is 2.48. The number of furan rings is 1. The van der Waals surface area contributed by atoms with Gasteiger partial charge in [-0.05, 0) is 62.9 Å². The molecule has 1 amide bonds. The van der Waals surface area contributed by atoms with Gasteiger partial charge in [-0.15, -0.1) is 0 Å². The first-order chi connectivity index (χ1) is 11.9. The fourth-order valence-corrected chi connectivity index (χ4v) is 4.17. The fourth-order valence-electron chi connectivity index (χ4n) is 4.17. The molecular formula is C19H26N2O4. The van der Waals surface area contributed by atoms with E-state index in [-0.39, 0.29) is 11.3 Å². The summed E-state index contributed by atoms with van der Waals surface area (Å²) < 4.78 is 5.35. The quantitative estimate of drug-likeness (QED) is 0.906. The van der Waals surface area contributed by atoms with Crippen molar-refractivity contribution in [3.8, 4) is 0 Å². The normalized spacial score (nSPS) is 24.0. The Kier molecular flexibility index (Phi) is 4.99. The summed E-state index contributed by atoms with van der Waals surface area (Å²) in [5.41, 5.74) is 1.20. The van der Waals surface area contributed by atoms with Gasteiger partial charge in [0.2, 0.25) is 5.91 Å². The number of carbonyl (C=O) groups excluding carboxylic acids is 1. The van der Waals surface area contributed by atoms with Crippen LogP contribution in [0.4, 0.5) is 0 Å². The average molecular weight is 346 g/mol. The summed E-state index contributed by atoms with van der Waals surface area (Å²) in [5.74, 6) is -0.154. The molecule has 1 atom stereocenters. The van der Waals surface area contributed by atoms with E-state index in [9.17, 15) is 14.7 Å². The summed E-state index contributed by atoms with van der Waals surface area (Å²) >= 11 is 0. The minimum Gasteiger partial charge on any atom is -0.480 e. The average Bonchev–Trinajstić information content (AvgIpc) is 3.18. The SMILES string of the molecule is CC(=O)N1CC2(CCN(C/C(C)=C/c3ccco3)CC2)CC1C(=O)O. The van der Waals surface area contributed by atoms with Crippen molar-refractivity contribution < 1.29 is 19.1 Å². The topological polar surface area (TPSA) is 74.0 Å². The minimum atomic E-state index is -0.883. The van der Waals surface area contributed by atoms with Crippen molar-refractivity contribution in [3.05, 3.63) is 29.7 Å². The summed E-state index contributed by atoms with van der Waals surface area (Å²) in [6.07, 6.45) is 6.18. The molecule has 2 aliphatic rings. The Morgan fingerprint density at radius 2 is 2.08 bits per heavy atom. The van der Waals surface area contributed by atoms with E-state index in [4.69, 9.17) is 4.42 Å². The molecule has 1 aromatic rings. The molecule has 2 saturated heterocycles. The monoisotopic (exact) mass is 346 g/mol. The molecule has 0 aliphatic carbocycles. The largest absolute Gasteiger partial charge is 0.480 e. The Bertz CT molecular complexity index is 633. The van der Waals surface area contributed by atoms with Crippen molar-refractivity contribution in [1.29, 1.82) is 0 Å². The number of aliphatic carboxylic acids is 1.